The Hall–Kier alpha value is -1.59. The number of benzene rings is 1. The zero-order valence-electron chi connectivity index (χ0n) is 14.0. The molecule has 6 heteroatoms. The second-order valence-corrected chi connectivity index (χ2v) is 6.77. The summed E-state index contributed by atoms with van der Waals surface area (Å²) in [6.07, 6.45) is 5.03. The summed E-state index contributed by atoms with van der Waals surface area (Å²) >= 11 is 0. The third kappa shape index (κ3) is 4.28. The minimum Gasteiger partial charge on any atom is -0.334 e. The van der Waals surface area contributed by atoms with Crippen LogP contribution in [0.5, 0.6) is 0 Å². The number of carbonyl (C=O) groups excluding carboxylic acids is 2. The van der Waals surface area contributed by atoms with E-state index in [0.29, 0.717) is 11.3 Å². The Balaban J connectivity index is 0.00000208. The van der Waals surface area contributed by atoms with Crippen molar-refractivity contribution in [2.75, 3.05) is 11.9 Å². The van der Waals surface area contributed by atoms with E-state index in [1.807, 2.05) is 30.0 Å². The number of nitrogens with zero attached hydrogens (tertiary/aromatic N) is 1. The van der Waals surface area contributed by atoms with Gasteiger partial charge in [0.05, 0.1) is 0 Å². The van der Waals surface area contributed by atoms with Crippen molar-refractivity contribution in [1.29, 1.82) is 0 Å². The molecule has 2 aliphatic rings. The standard InChI is InChI=1S/C18H25N3O2.ClH/c1-12(19)16-7-2-3-10-21(16)18(23)14-5-4-6-15(11-14)20-17(22)13-8-9-13;/h4-6,11-13,16H,2-3,7-10,19H2,1H3,(H,20,22);1H. The first-order valence-electron chi connectivity index (χ1n) is 8.54. The summed E-state index contributed by atoms with van der Waals surface area (Å²) in [4.78, 5) is 26.6. The van der Waals surface area contributed by atoms with Gasteiger partial charge in [-0.05, 0) is 57.2 Å². The molecule has 132 valence electrons. The SMILES string of the molecule is CC(N)C1CCCCN1C(=O)c1cccc(NC(=O)C2CC2)c1.Cl. The fourth-order valence-electron chi connectivity index (χ4n) is 3.24. The van der Waals surface area contributed by atoms with Crippen LogP contribution >= 0.6 is 12.4 Å². The van der Waals surface area contributed by atoms with Crippen LogP contribution in [0.1, 0.15) is 49.4 Å². The summed E-state index contributed by atoms with van der Waals surface area (Å²) in [5.74, 6) is 0.217. The molecule has 24 heavy (non-hydrogen) atoms. The van der Waals surface area contributed by atoms with Crippen LogP contribution < -0.4 is 11.1 Å². The van der Waals surface area contributed by atoms with Crippen LogP contribution in [0.2, 0.25) is 0 Å². The number of rotatable bonds is 4. The van der Waals surface area contributed by atoms with Gasteiger partial charge in [0.25, 0.3) is 5.91 Å². The minimum atomic E-state index is -0.0306. The third-order valence-corrected chi connectivity index (χ3v) is 4.74. The van der Waals surface area contributed by atoms with Gasteiger partial charge in [-0.15, -0.1) is 12.4 Å². The Morgan fingerprint density at radius 2 is 2.00 bits per heavy atom. The second-order valence-electron chi connectivity index (χ2n) is 6.77. The van der Waals surface area contributed by atoms with Gasteiger partial charge in [-0.3, -0.25) is 9.59 Å². The number of carbonyl (C=O) groups is 2. The Bertz CT molecular complexity index is 602. The summed E-state index contributed by atoms with van der Waals surface area (Å²) < 4.78 is 0. The first-order chi connectivity index (χ1) is 11.1. The number of nitrogens with two attached hydrogens (primary N) is 1. The number of hydrogen-bond acceptors (Lipinski definition) is 3. The molecule has 0 bridgehead atoms. The molecule has 2 atom stereocenters. The second kappa shape index (κ2) is 7.99. The lowest BCUT2D eigenvalue weighted by molar-refractivity contribution is -0.117. The van der Waals surface area contributed by atoms with Gasteiger partial charge >= 0.3 is 0 Å². The number of nitrogens with one attached hydrogen (secondary N) is 1. The average molecular weight is 352 g/mol. The molecule has 0 spiro atoms. The van der Waals surface area contributed by atoms with Gasteiger partial charge in [0.1, 0.15) is 0 Å². The molecular formula is C18H26ClN3O2. The predicted octanol–water partition coefficient (Wildman–Crippen LogP) is 2.80. The number of hydrogen-bond donors (Lipinski definition) is 2. The van der Waals surface area contributed by atoms with Crippen molar-refractivity contribution in [2.24, 2.45) is 11.7 Å². The smallest absolute Gasteiger partial charge is 0.254 e. The lowest BCUT2D eigenvalue weighted by Crippen LogP contribution is -2.51. The first-order valence-corrected chi connectivity index (χ1v) is 8.54. The Labute approximate surface area is 149 Å². The van der Waals surface area contributed by atoms with Crippen molar-refractivity contribution in [3.8, 4) is 0 Å². The van der Waals surface area contributed by atoms with E-state index < -0.39 is 0 Å². The molecule has 1 aromatic rings. The minimum absolute atomic E-state index is 0. The maximum atomic E-state index is 12.9. The summed E-state index contributed by atoms with van der Waals surface area (Å²) in [6.45, 7) is 2.71. The van der Waals surface area contributed by atoms with E-state index in [0.717, 1.165) is 38.6 Å². The molecule has 0 aromatic heterocycles. The summed E-state index contributed by atoms with van der Waals surface area (Å²) in [5, 5.41) is 2.90. The van der Waals surface area contributed by atoms with Crippen molar-refractivity contribution in [3.63, 3.8) is 0 Å². The predicted molar refractivity (Wildman–Crippen MR) is 97.4 cm³/mol. The van der Waals surface area contributed by atoms with Crippen molar-refractivity contribution in [1.82, 2.24) is 4.90 Å². The molecule has 0 radical (unpaired) electrons. The monoisotopic (exact) mass is 351 g/mol. The highest BCUT2D eigenvalue weighted by atomic mass is 35.5. The Morgan fingerprint density at radius 3 is 2.67 bits per heavy atom. The van der Waals surface area contributed by atoms with E-state index in [2.05, 4.69) is 5.32 Å². The molecule has 2 unspecified atom stereocenters. The molecule has 1 aliphatic heterocycles. The van der Waals surface area contributed by atoms with Gasteiger partial charge in [-0.2, -0.15) is 0 Å². The van der Waals surface area contributed by atoms with E-state index >= 15 is 0 Å². The lowest BCUT2D eigenvalue weighted by Gasteiger charge is -2.38. The number of amides is 2. The molecule has 1 saturated carbocycles. The maximum absolute atomic E-state index is 12.9. The quantitative estimate of drug-likeness (QED) is 0.875. The largest absolute Gasteiger partial charge is 0.334 e. The Kier molecular flexibility index (Phi) is 6.24. The van der Waals surface area contributed by atoms with Gasteiger partial charge in [0, 0.05) is 35.8 Å². The van der Waals surface area contributed by atoms with Gasteiger partial charge in [-0.25, -0.2) is 0 Å². The first kappa shape index (κ1) is 18.7. The summed E-state index contributed by atoms with van der Waals surface area (Å²) in [7, 11) is 0. The molecule has 1 saturated heterocycles. The van der Waals surface area contributed by atoms with E-state index in [4.69, 9.17) is 5.73 Å². The number of anilines is 1. The third-order valence-electron chi connectivity index (χ3n) is 4.74. The topological polar surface area (TPSA) is 75.4 Å². The van der Waals surface area contributed by atoms with Gasteiger partial charge < -0.3 is 16.0 Å². The van der Waals surface area contributed by atoms with Gasteiger partial charge in [-0.1, -0.05) is 6.07 Å². The highest BCUT2D eigenvalue weighted by Crippen LogP contribution is 2.30. The molecular weight excluding hydrogens is 326 g/mol. The van der Waals surface area contributed by atoms with E-state index in [1.165, 1.54) is 0 Å². The van der Waals surface area contributed by atoms with Crippen molar-refractivity contribution < 1.29 is 9.59 Å². The van der Waals surface area contributed by atoms with Crippen LogP contribution in [0.15, 0.2) is 24.3 Å². The maximum Gasteiger partial charge on any atom is 0.254 e. The zero-order valence-corrected chi connectivity index (χ0v) is 14.8. The highest BCUT2D eigenvalue weighted by molar-refractivity contribution is 5.98. The van der Waals surface area contributed by atoms with Crippen LogP contribution in [-0.4, -0.2) is 35.3 Å². The summed E-state index contributed by atoms with van der Waals surface area (Å²) in [5.41, 5.74) is 7.37. The van der Waals surface area contributed by atoms with Gasteiger partial charge in [0.2, 0.25) is 5.91 Å². The van der Waals surface area contributed by atoms with E-state index in [9.17, 15) is 9.59 Å². The fourth-order valence-corrected chi connectivity index (χ4v) is 3.24. The zero-order chi connectivity index (χ0) is 16.4. The Morgan fingerprint density at radius 1 is 1.25 bits per heavy atom. The number of likely N-dealkylation sites (tertiary alicyclic amines) is 1. The van der Waals surface area contributed by atoms with E-state index in [-0.39, 0.29) is 42.2 Å². The lowest BCUT2D eigenvalue weighted by atomic mass is 9.96. The molecule has 5 nitrogen and oxygen atoms in total. The van der Waals surface area contributed by atoms with Crippen LogP contribution in [0.25, 0.3) is 0 Å². The number of halogens is 1. The highest BCUT2D eigenvalue weighted by Gasteiger charge is 2.31. The molecule has 2 amide bonds. The van der Waals surface area contributed by atoms with Crippen molar-refractivity contribution in [3.05, 3.63) is 29.8 Å². The summed E-state index contributed by atoms with van der Waals surface area (Å²) in [6, 6.07) is 7.30. The molecule has 2 fully saturated rings. The number of piperidine rings is 1. The fraction of sp³-hybridized carbons (Fsp3) is 0.556. The normalized spacial score (nSPS) is 21.6. The van der Waals surface area contributed by atoms with E-state index in [1.54, 1.807) is 6.07 Å². The van der Waals surface area contributed by atoms with Crippen molar-refractivity contribution in [2.45, 2.75) is 51.1 Å². The molecule has 1 aliphatic carbocycles. The van der Waals surface area contributed by atoms with Crippen LogP contribution in [-0.2, 0) is 4.79 Å². The van der Waals surface area contributed by atoms with Crippen LogP contribution in [0, 0.1) is 5.92 Å². The molecule has 1 aromatic carbocycles. The average Bonchev–Trinajstić information content (AvgIpc) is 3.39. The van der Waals surface area contributed by atoms with Crippen molar-refractivity contribution >= 4 is 29.9 Å². The van der Waals surface area contributed by atoms with Crippen LogP contribution in [0.4, 0.5) is 5.69 Å². The van der Waals surface area contributed by atoms with Gasteiger partial charge in [0.15, 0.2) is 0 Å². The molecule has 3 rings (SSSR count). The van der Waals surface area contributed by atoms with Crippen LogP contribution in [0.3, 0.4) is 0 Å². The molecule has 1 heterocycles. The molecule has 3 N–H and O–H groups in total.